The minimum Gasteiger partial charge on any atom is -0.324 e. The van der Waals surface area contributed by atoms with E-state index in [1.54, 1.807) is 0 Å². The molecule has 0 aliphatic rings. The van der Waals surface area contributed by atoms with Crippen molar-refractivity contribution in [2.75, 3.05) is 0 Å². The molecule has 0 saturated heterocycles. The van der Waals surface area contributed by atoms with E-state index in [1.807, 2.05) is 6.92 Å². The molecule has 0 saturated carbocycles. The van der Waals surface area contributed by atoms with Gasteiger partial charge in [-0.15, -0.1) is 12.4 Å². The molecule has 1 atom stereocenters. The highest BCUT2D eigenvalue weighted by Gasteiger charge is 2.05. The lowest BCUT2D eigenvalue weighted by molar-refractivity contribution is 0.826. The lowest BCUT2D eigenvalue weighted by atomic mass is 9.97. The Labute approximate surface area is 96.7 Å². The largest absolute Gasteiger partial charge is 0.324 e. The zero-order valence-electron chi connectivity index (χ0n) is 9.03. The number of fused-ring (bicyclic) bond motifs is 1. The van der Waals surface area contributed by atoms with E-state index in [0.29, 0.717) is 0 Å². The van der Waals surface area contributed by atoms with E-state index in [1.165, 1.54) is 21.9 Å². The van der Waals surface area contributed by atoms with Crippen LogP contribution in [0.3, 0.4) is 0 Å². The molecule has 0 aliphatic heterocycles. The number of aryl methyl sites for hydroxylation is 1. The Hall–Kier alpha value is -1.05. The van der Waals surface area contributed by atoms with Crippen LogP contribution in [-0.2, 0) is 0 Å². The van der Waals surface area contributed by atoms with Crippen LogP contribution in [0.2, 0.25) is 0 Å². The molecule has 0 aliphatic carbocycles. The fourth-order valence-corrected chi connectivity index (χ4v) is 1.87. The van der Waals surface area contributed by atoms with Crippen LogP contribution < -0.4 is 5.73 Å². The van der Waals surface area contributed by atoms with Gasteiger partial charge in [0.1, 0.15) is 0 Å². The first kappa shape index (κ1) is 12.0. The quantitative estimate of drug-likeness (QED) is 0.783. The predicted octanol–water partition coefficient (Wildman–Crippen LogP) is 3.59. The van der Waals surface area contributed by atoms with Gasteiger partial charge in [-0.1, -0.05) is 36.4 Å². The first-order valence-corrected chi connectivity index (χ1v) is 4.94. The fourth-order valence-electron chi connectivity index (χ4n) is 1.87. The Bertz CT molecular complexity index is 463. The summed E-state index contributed by atoms with van der Waals surface area (Å²) in [6, 6.07) is 12.8. The lowest BCUT2D eigenvalue weighted by Gasteiger charge is -2.11. The van der Waals surface area contributed by atoms with Crippen molar-refractivity contribution < 1.29 is 0 Å². The zero-order chi connectivity index (χ0) is 10.1. The molecule has 0 aromatic heterocycles. The molecule has 0 heterocycles. The smallest absolute Gasteiger partial charge is 0.0272 e. The van der Waals surface area contributed by atoms with Gasteiger partial charge in [0, 0.05) is 6.04 Å². The van der Waals surface area contributed by atoms with E-state index >= 15 is 0 Å². The molecule has 80 valence electrons. The van der Waals surface area contributed by atoms with Crippen molar-refractivity contribution in [2.24, 2.45) is 5.73 Å². The van der Waals surface area contributed by atoms with Crippen LogP contribution in [0, 0.1) is 6.92 Å². The van der Waals surface area contributed by atoms with Crippen LogP contribution in [0.25, 0.3) is 10.8 Å². The van der Waals surface area contributed by atoms with Crippen molar-refractivity contribution in [2.45, 2.75) is 19.9 Å². The molecule has 0 fully saturated rings. The minimum atomic E-state index is 0. The van der Waals surface area contributed by atoms with Crippen LogP contribution in [0.1, 0.15) is 24.1 Å². The lowest BCUT2D eigenvalue weighted by Crippen LogP contribution is -2.05. The van der Waals surface area contributed by atoms with E-state index in [4.69, 9.17) is 5.73 Å². The van der Waals surface area contributed by atoms with Crippen LogP contribution in [0.5, 0.6) is 0 Å². The van der Waals surface area contributed by atoms with Gasteiger partial charge in [-0.2, -0.15) is 0 Å². The third-order valence-corrected chi connectivity index (χ3v) is 2.67. The number of benzene rings is 2. The van der Waals surface area contributed by atoms with Gasteiger partial charge in [-0.05, 0) is 35.7 Å². The van der Waals surface area contributed by atoms with E-state index in [9.17, 15) is 0 Å². The van der Waals surface area contributed by atoms with Gasteiger partial charge in [-0.25, -0.2) is 0 Å². The van der Waals surface area contributed by atoms with Gasteiger partial charge < -0.3 is 5.73 Å². The third-order valence-electron chi connectivity index (χ3n) is 2.67. The van der Waals surface area contributed by atoms with Gasteiger partial charge in [0.05, 0.1) is 0 Å². The highest BCUT2D eigenvalue weighted by Crippen LogP contribution is 2.25. The van der Waals surface area contributed by atoms with Crippen molar-refractivity contribution in [1.29, 1.82) is 0 Å². The minimum absolute atomic E-state index is 0. The molecule has 2 N–H and O–H groups in total. The Balaban J connectivity index is 0.00000112. The number of halogens is 1. The molecule has 0 radical (unpaired) electrons. The summed E-state index contributed by atoms with van der Waals surface area (Å²) in [5.74, 6) is 0. The average Bonchev–Trinajstić information content (AvgIpc) is 2.18. The maximum absolute atomic E-state index is 5.93. The van der Waals surface area contributed by atoms with E-state index < -0.39 is 0 Å². The molecular weight excluding hydrogens is 206 g/mol. The van der Waals surface area contributed by atoms with Crippen LogP contribution in [0.15, 0.2) is 36.4 Å². The van der Waals surface area contributed by atoms with Gasteiger partial charge in [-0.3, -0.25) is 0 Å². The number of hydrogen-bond acceptors (Lipinski definition) is 1. The molecule has 0 amide bonds. The molecule has 2 aromatic rings. The number of hydrogen-bond donors (Lipinski definition) is 1. The van der Waals surface area contributed by atoms with E-state index in [2.05, 4.69) is 43.3 Å². The highest BCUT2D eigenvalue weighted by molar-refractivity contribution is 5.88. The van der Waals surface area contributed by atoms with Crippen LogP contribution in [0.4, 0.5) is 0 Å². The van der Waals surface area contributed by atoms with Crippen molar-refractivity contribution in [3.8, 4) is 0 Å². The predicted molar refractivity (Wildman–Crippen MR) is 68.5 cm³/mol. The fraction of sp³-hybridized carbons (Fsp3) is 0.231. The summed E-state index contributed by atoms with van der Waals surface area (Å²) in [7, 11) is 0. The molecule has 2 rings (SSSR count). The Morgan fingerprint density at radius 1 is 1.00 bits per heavy atom. The maximum Gasteiger partial charge on any atom is 0.0272 e. The first-order valence-electron chi connectivity index (χ1n) is 4.94. The van der Waals surface area contributed by atoms with Gasteiger partial charge in [0.2, 0.25) is 0 Å². The average molecular weight is 222 g/mol. The molecule has 0 unspecified atom stereocenters. The van der Waals surface area contributed by atoms with Crippen molar-refractivity contribution in [1.82, 2.24) is 0 Å². The maximum atomic E-state index is 5.93. The summed E-state index contributed by atoms with van der Waals surface area (Å²) >= 11 is 0. The van der Waals surface area contributed by atoms with Crippen molar-refractivity contribution in [3.05, 3.63) is 47.5 Å². The summed E-state index contributed by atoms with van der Waals surface area (Å²) in [6.07, 6.45) is 0. The molecule has 2 heteroatoms. The number of rotatable bonds is 1. The second kappa shape index (κ2) is 4.65. The molecule has 1 nitrogen and oxygen atoms in total. The topological polar surface area (TPSA) is 26.0 Å². The van der Waals surface area contributed by atoms with Gasteiger partial charge in [0.25, 0.3) is 0 Å². The summed E-state index contributed by atoms with van der Waals surface area (Å²) in [5, 5.41) is 2.59. The standard InChI is InChI=1S/C13H15N.ClH/c1-9-7-8-12(10(2)14)13-6-4-3-5-11(9)13;/h3-8,10H,14H2,1-2H3;1H/t10-;/m1./s1. The van der Waals surface area contributed by atoms with Gasteiger partial charge >= 0.3 is 0 Å². The zero-order valence-corrected chi connectivity index (χ0v) is 9.84. The summed E-state index contributed by atoms with van der Waals surface area (Å²) in [5.41, 5.74) is 8.47. The molecule has 0 bridgehead atoms. The van der Waals surface area contributed by atoms with E-state index in [0.717, 1.165) is 0 Å². The normalized spacial score (nSPS) is 12.2. The summed E-state index contributed by atoms with van der Waals surface area (Å²) in [6.45, 7) is 4.16. The van der Waals surface area contributed by atoms with Crippen LogP contribution in [-0.4, -0.2) is 0 Å². The molecule has 2 aromatic carbocycles. The first-order chi connectivity index (χ1) is 6.70. The molecule has 15 heavy (non-hydrogen) atoms. The Morgan fingerprint density at radius 2 is 1.60 bits per heavy atom. The number of nitrogens with two attached hydrogens (primary N) is 1. The monoisotopic (exact) mass is 221 g/mol. The van der Waals surface area contributed by atoms with Crippen molar-refractivity contribution in [3.63, 3.8) is 0 Å². The van der Waals surface area contributed by atoms with Crippen molar-refractivity contribution >= 4 is 23.2 Å². The Morgan fingerprint density at radius 3 is 2.20 bits per heavy atom. The van der Waals surface area contributed by atoms with E-state index in [-0.39, 0.29) is 18.4 Å². The SMILES string of the molecule is Cc1ccc([C@@H](C)N)c2ccccc12.Cl. The van der Waals surface area contributed by atoms with Crippen LogP contribution >= 0.6 is 12.4 Å². The molecule has 0 spiro atoms. The highest BCUT2D eigenvalue weighted by atomic mass is 35.5. The summed E-state index contributed by atoms with van der Waals surface area (Å²) < 4.78 is 0. The summed E-state index contributed by atoms with van der Waals surface area (Å²) in [4.78, 5) is 0. The second-order valence-electron chi connectivity index (χ2n) is 3.81. The molecular formula is C13H16ClN. The second-order valence-corrected chi connectivity index (χ2v) is 3.81. The Kier molecular flexibility index (Phi) is 3.72. The third kappa shape index (κ3) is 2.14. The van der Waals surface area contributed by atoms with Gasteiger partial charge in [0.15, 0.2) is 0 Å².